The lowest BCUT2D eigenvalue weighted by atomic mass is 10.00. The van der Waals surface area contributed by atoms with Crippen molar-refractivity contribution in [2.75, 3.05) is 5.43 Å². The zero-order valence-electron chi connectivity index (χ0n) is 10.8. The van der Waals surface area contributed by atoms with Gasteiger partial charge in [-0.3, -0.25) is 5.43 Å². The van der Waals surface area contributed by atoms with Crippen molar-refractivity contribution in [3.8, 4) is 0 Å². The van der Waals surface area contributed by atoms with E-state index >= 15 is 0 Å². The van der Waals surface area contributed by atoms with Gasteiger partial charge in [0.25, 0.3) is 0 Å². The van der Waals surface area contributed by atoms with Crippen LogP contribution in [0, 0.1) is 0 Å². The number of nitrogens with one attached hydrogen (secondary N) is 1. The number of rotatable bonds is 3. The van der Waals surface area contributed by atoms with Crippen molar-refractivity contribution >= 4 is 23.2 Å². The summed E-state index contributed by atoms with van der Waals surface area (Å²) in [4.78, 5) is 8.80. The van der Waals surface area contributed by atoms with Crippen LogP contribution in [0.3, 0.4) is 0 Å². The van der Waals surface area contributed by atoms with Crippen LogP contribution in [0.4, 0.5) is 5.95 Å². The van der Waals surface area contributed by atoms with Crippen molar-refractivity contribution in [3.63, 3.8) is 0 Å². The number of anilines is 1. The van der Waals surface area contributed by atoms with Gasteiger partial charge in [-0.25, -0.2) is 15.0 Å². The van der Waals surface area contributed by atoms with Crippen molar-refractivity contribution in [2.24, 2.45) is 5.73 Å². The van der Waals surface area contributed by atoms with Gasteiger partial charge in [-0.15, -0.1) is 0 Å². The van der Waals surface area contributed by atoms with Crippen LogP contribution in [0.5, 0.6) is 0 Å². The van der Waals surface area contributed by atoms with Crippen LogP contribution in [0.1, 0.15) is 38.8 Å². The molecule has 1 fully saturated rings. The highest BCUT2D eigenvalue weighted by molar-refractivity contribution is 7.80. The molecule has 3 N–H and O–H groups in total. The number of aromatic nitrogens is 2. The number of piperidine rings is 1. The third-order valence-electron chi connectivity index (χ3n) is 3.33. The standard InChI is InChI=1S/C12H19N5S/c1-8-4-3-5-9(2)17(8)16-12-14-7-6-10(15-12)11(13)18/h6-9H,3-5H2,1-2H3,(H2,13,18)(H,14,15,16). The van der Waals surface area contributed by atoms with E-state index in [9.17, 15) is 0 Å². The Morgan fingerprint density at radius 3 is 2.72 bits per heavy atom. The molecule has 0 saturated carbocycles. The largest absolute Gasteiger partial charge is 0.388 e. The first-order chi connectivity index (χ1) is 8.58. The highest BCUT2D eigenvalue weighted by atomic mass is 32.1. The van der Waals surface area contributed by atoms with E-state index in [1.807, 2.05) is 0 Å². The van der Waals surface area contributed by atoms with Gasteiger partial charge < -0.3 is 5.73 Å². The molecule has 1 aliphatic rings. The van der Waals surface area contributed by atoms with Crippen molar-refractivity contribution in [3.05, 3.63) is 18.0 Å². The fraction of sp³-hybridized carbons (Fsp3) is 0.583. The van der Waals surface area contributed by atoms with E-state index in [0.717, 1.165) is 0 Å². The second-order valence-corrected chi connectivity index (χ2v) is 5.22. The van der Waals surface area contributed by atoms with Gasteiger partial charge in [0.05, 0.1) is 0 Å². The van der Waals surface area contributed by atoms with Crippen LogP contribution in [0.25, 0.3) is 0 Å². The summed E-state index contributed by atoms with van der Waals surface area (Å²) in [5, 5.41) is 2.21. The molecule has 0 bridgehead atoms. The molecule has 2 unspecified atom stereocenters. The van der Waals surface area contributed by atoms with E-state index in [0.29, 0.717) is 28.7 Å². The summed E-state index contributed by atoms with van der Waals surface area (Å²) in [6, 6.07) is 2.67. The molecule has 0 aromatic carbocycles. The summed E-state index contributed by atoms with van der Waals surface area (Å²) in [5.41, 5.74) is 9.44. The lowest BCUT2D eigenvalue weighted by Gasteiger charge is -2.38. The summed E-state index contributed by atoms with van der Waals surface area (Å²) in [5.74, 6) is 0.556. The van der Waals surface area contributed by atoms with Crippen molar-refractivity contribution in [1.82, 2.24) is 15.0 Å². The monoisotopic (exact) mass is 265 g/mol. The zero-order chi connectivity index (χ0) is 13.1. The Labute approximate surface area is 113 Å². The molecule has 1 aromatic heterocycles. The average Bonchev–Trinajstić information content (AvgIpc) is 2.34. The summed E-state index contributed by atoms with van der Waals surface area (Å²) in [7, 11) is 0. The summed E-state index contributed by atoms with van der Waals surface area (Å²) in [6.07, 6.45) is 5.32. The van der Waals surface area contributed by atoms with Crippen molar-refractivity contribution in [2.45, 2.75) is 45.2 Å². The molecule has 2 atom stereocenters. The molecule has 98 valence electrons. The van der Waals surface area contributed by atoms with E-state index in [1.54, 1.807) is 12.3 Å². The number of thiocarbonyl (C=S) groups is 1. The normalized spacial score (nSPS) is 24.8. The maximum Gasteiger partial charge on any atom is 0.238 e. The highest BCUT2D eigenvalue weighted by Crippen LogP contribution is 2.22. The highest BCUT2D eigenvalue weighted by Gasteiger charge is 2.25. The van der Waals surface area contributed by atoms with Gasteiger partial charge in [0.1, 0.15) is 10.7 Å². The van der Waals surface area contributed by atoms with Crippen LogP contribution in [0.15, 0.2) is 12.3 Å². The number of nitrogens with zero attached hydrogens (tertiary/aromatic N) is 3. The molecule has 0 spiro atoms. The molecule has 5 nitrogen and oxygen atoms in total. The molecule has 1 saturated heterocycles. The Morgan fingerprint density at radius 1 is 1.44 bits per heavy atom. The van der Waals surface area contributed by atoms with Gasteiger partial charge in [-0.1, -0.05) is 18.6 Å². The average molecular weight is 265 g/mol. The topological polar surface area (TPSA) is 67.1 Å². The molecule has 0 aliphatic carbocycles. The third kappa shape index (κ3) is 2.94. The first kappa shape index (κ1) is 13.2. The Kier molecular flexibility index (Phi) is 4.08. The molecule has 18 heavy (non-hydrogen) atoms. The van der Waals surface area contributed by atoms with Crippen LogP contribution < -0.4 is 11.2 Å². The zero-order valence-corrected chi connectivity index (χ0v) is 11.6. The van der Waals surface area contributed by atoms with E-state index in [4.69, 9.17) is 18.0 Å². The quantitative estimate of drug-likeness (QED) is 0.811. The van der Waals surface area contributed by atoms with Crippen LogP contribution >= 0.6 is 12.2 Å². The second kappa shape index (κ2) is 5.58. The first-order valence-electron chi connectivity index (χ1n) is 6.26. The van der Waals surface area contributed by atoms with E-state index in [2.05, 4.69) is 34.3 Å². The lowest BCUT2D eigenvalue weighted by molar-refractivity contribution is 0.134. The Morgan fingerprint density at radius 2 is 2.11 bits per heavy atom. The summed E-state index contributed by atoms with van der Waals surface area (Å²) in [6.45, 7) is 4.42. The van der Waals surface area contributed by atoms with Crippen LogP contribution in [-0.2, 0) is 0 Å². The molecule has 0 amide bonds. The molecule has 2 heterocycles. The molecule has 1 aliphatic heterocycles. The molecule has 1 aromatic rings. The predicted molar refractivity (Wildman–Crippen MR) is 76.2 cm³/mol. The molecular weight excluding hydrogens is 246 g/mol. The Balaban J connectivity index is 2.12. The van der Waals surface area contributed by atoms with Gasteiger partial charge >= 0.3 is 0 Å². The SMILES string of the molecule is CC1CCCC(C)N1Nc1nccc(C(N)=S)n1. The predicted octanol–water partition coefficient (Wildman–Crippen LogP) is 1.70. The van der Waals surface area contributed by atoms with Crippen molar-refractivity contribution < 1.29 is 0 Å². The van der Waals surface area contributed by atoms with Crippen LogP contribution in [-0.4, -0.2) is 32.0 Å². The van der Waals surface area contributed by atoms with E-state index < -0.39 is 0 Å². The lowest BCUT2D eigenvalue weighted by Crippen LogP contribution is -2.47. The fourth-order valence-electron chi connectivity index (χ4n) is 2.31. The fourth-order valence-corrected chi connectivity index (χ4v) is 2.42. The molecule has 0 radical (unpaired) electrons. The number of hydrogen-bond donors (Lipinski definition) is 2. The number of hydrazine groups is 1. The van der Waals surface area contributed by atoms with Crippen molar-refractivity contribution in [1.29, 1.82) is 0 Å². The maximum absolute atomic E-state index is 5.57. The maximum atomic E-state index is 5.57. The first-order valence-corrected chi connectivity index (χ1v) is 6.66. The summed E-state index contributed by atoms with van der Waals surface area (Å²) >= 11 is 4.92. The van der Waals surface area contributed by atoms with E-state index in [1.165, 1.54) is 19.3 Å². The van der Waals surface area contributed by atoms with Gasteiger partial charge in [0.2, 0.25) is 5.95 Å². The van der Waals surface area contributed by atoms with E-state index in [-0.39, 0.29) is 0 Å². The Bertz CT molecular complexity index is 426. The smallest absolute Gasteiger partial charge is 0.238 e. The van der Waals surface area contributed by atoms with Gasteiger partial charge in [0.15, 0.2) is 0 Å². The Hall–Kier alpha value is -1.27. The minimum Gasteiger partial charge on any atom is -0.388 e. The molecular formula is C12H19N5S. The number of nitrogens with two attached hydrogens (primary N) is 1. The minimum absolute atomic E-state index is 0.292. The molecule has 6 heteroatoms. The molecule has 2 rings (SSSR count). The van der Waals surface area contributed by atoms with Crippen LogP contribution in [0.2, 0.25) is 0 Å². The van der Waals surface area contributed by atoms with Gasteiger partial charge in [-0.05, 0) is 32.8 Å². The second-order valence-electron chi connectivity index (χ2n) is 4.78. The summed E-state index contributed by atoms with van der Waals surface area (Å²) < 4.78 is 0. The van der Waals surface area contributed by atoms with Gasteiger partial charge in [0, 0.05) is 18.3 Å². The van der Waals surface area contributed by atoms with Gasteiger partial charge in [-0.2, -0.15) is 0 Å². The number of hydrogen-bond acceptors (Lipinski definition) is 5. The third-order valence-corrected chi connectivity index (χ3v) is 3.54. The minimum atomic E-state index is 0.292.